The zero-order valence-corrected chi connectivity index (χ0v) is 13.4. The van der Waals surface area contributed by atoms with Crippen molar-refractivity contribution >= 4 is 15.7 Å². The minimum absolute atomic E-state index is 0.0468. The first-order valence-corrected chi connectivity index (χ1v) is 7.98. The Balaban J connectivity index is 2.54. The van der Waals surface area contributed by atoms with Crippen molar-refractivity contribution in [1.29, 1.82) is 0 Å². The van der Waals surface area contributed by atoms with Crippen LogP contribution >= 0.6 is 0 Å². The second-order valence-corrected chi connectivity index (χ2v) is 6.89. The van der Waals surface area contributed by atoms with Crippen LogP contribution < -0.4 is 4.31 Å². The molecule has 1 aromatic heterocycles. The van der Waals surface area contributed by atoms with E-state index >= 15 is 0 Å². The Labute approximate surface area is 124 Å². The fourth-order valence-corrected chi connectivity index (χ4v) is 3.86. The Kier molecular flexibility index (Phi) is 4.11. The van der Waals surface area contributed by atoms with E-state index in [0.29, 0.717) is 17.0 Å². The molecule has 1 heterocycles. The standard InChI is InChI=1S/C15H19NO4S/c1-10-5-7-13(8-6-10)16(4)21(18,19)15-12(3)20-11(2)14(15)9-17/h5-8,17H,9H2,1-4H3. The van der Waals surface area contributed by atoms with Crippen molar-refractivity contribution in [2.24, 2.45) is 0 Å². The van der Waals surface area contributed by atoms with Crippen LogP contribution in [0, 0.1) is 20.8 Å². The molecule has 2 aromatic rings. The number of aryl methyl sites for hydroxylation is 3. The molecule has 0 saturated carbocycles. The van der Waals surface area contributed by atoms with E-state index in [0.717, 1.165) is 5.56 Å². The average molecular weight is 309 g/mol. The molecule has 2 rings (SSSR count). The molecule has 114 valence electrons. The third kappa shape index (κ3) is 2.69. The molecule has 1 aromatic carbocycles. The first-order chi connectivity index (χ1) is 9.78. The molecule has 0 radical (unpaired) electrons. The molecular formula is C15H19NO4S. The van der Waals surface area contributed by atoms with Crippen molar-refractivity contribution in [3.05, 3.63) is 46.9 Å². The maximum absolute atomic E-state index is 12.8. The van der Waals surface area contributed by atoms with Crippen molar-refractivity contribution in [2.45, 2.75) is 32.3 Å². The van der Waals surface area contributed by atoms with Crippen LogP contribution in [0.4, 0.5) is 5.69 Å². The Hall–Kier alpha value is -1.79. The van der Waals surface area contributed by atoms with Gasteiger partial charge in [0.1, 0.15) is 16.4 Å². The van der Waals surface area contributed by atoms with Crippen molar-refractivity contribution in [3.8, 4) is 0 Å². The topological polar surface area (TPSA) is 70.8 Å². The van der Waals surface area contributed by atoms with Gasteiger partial charge in [0.15, 0.2) is 0 Å². The lowest BCUT2D eigenvalue weighted by Crippen LogP contribution is -2.27. The Morgan fingerprint density at radius 2 is 1.67 bits per heavy atom. The van der Waals surface area contributed by atoms with Gasteiger partial charge >= 0.3 is 0 Å². The summed E-state index contributed by atoms with van der Waals surface area (Å²) in [7, 11) is -2.29. The summed E-state index contributed by atoms with van der Waals surface area (Å²) in [6.07, 6.45) is 0. The highest BCUT2D eigenvalue weighted by atomic mass is 32.2. The molecule has 0 aliphatic carbocycles. The molecule has 0 fully saturated rings. The van der Waals surface area contributed by atoms with Crippen LogP contribution in [0.2, 0.25) is 0 Å². The Morgan fingerprint density at radius 3 is 2.19 bits per heavy atom. The number of aliphatic hydroxyl groups is 1. The van der Waals surface area contributed by atoms with Crippen molar-refractivity contribution in [3.63, 3.8) is 0 Å². The van der Waals surface area contributed by atoms with E-state index in [1.165, 1.54) is 11.4 Å². The summed E-state index contributed by atoms with van der Waals surface area (Å²) in [6, 6.07) is 7.19. The number of hydrogen-bond donors (Lipinski definition) is 1. The van der Waals surface area contributed by atoms with E-state index in [-0.39, 0.29) is 17.3 Å². The zero-order valence-electron chi connectivity index (χ0n) is 12.5. The van der Waals surface area contributed by atoms with Crippen LogP contribution in [0.15, 0.2) is 33.6 Å². The minimum Gasteiger partial charge on any atom is -0.465 e. The van der Waals surface area contributed by atoms with E-state index in [9.17, 15) is 13.5 Å². The quantitative estimate of drug-likeness (QED) is 0.942. The lowest BCUT2D eigenvalue weighted by molar-refractivity contribution is 0.276. The average Bonchev–Trinajstić information content (AvgIpc) is 2.73. The number of rotatable bonds is 4. The van der Waals surface area contributed by atoms with Gasteiger partial charge < -0.3 is 9.52 Å². The van der Waals surface area contributed by atoms with Crippen LogP contribution in [0.25, 0.3) is 0 Å². The number of aliphatic hydroxyl groups excluding tert-OH is 1. The molecule has 0 amide bonds. The SMILES string of the molecule is Cc1ccc(N(C)S(=O)(=O)c2c(C)oc(C)c2CO)cc1. The molecule has 6 heteroatoms. The molecule has 0 unspecified atom stereocenters. The maximum Gasteiger partial charge on any atom is 0.267 e. The lowest BCUT2D eigenvalue weighted by atomic mass is 10.2. The van der Waals surface area contributed by atoms with Gasteiger partial charge in [-0.25, -0.2) is 8.42 Å². The molecule has 21 heavy (non-hydrogen) atoms. The predicted molar refractivity (Wildman–Crippen MR) is 80.9 cm³/mol. The number of hydrogen-bond acceptors (Lipinski definition) is 4. The van der Waals surface area contributed by atoms with E-state index in [2.05, 4.69) is 0 Å². The first-order valence-electron chi connectivity index (χ1n) is 6.54. The van der Waals surface area contributed by atoms with Crippen LogP contribution in [0.1, 0.15) is 22.6 Å². The molecule has 1 N–H and O–H groups in total. The highest BCUT2D eigenvalue weighted by molar-refractivity contribution is 7.92. The van der Waals surface area contributed by atoms with Crippen LogP contribution in [0.3, 0.4) is 0 Å². The van der Waals surface area contributed by atoms with Gasteiger partial charge in [0.05, 0.1) is 12.3 Å². The van der Waals surface area contributed by atoms with E-state index in [1.807, 2.05) is 19.1 Å². The smallest absolute Gasteiger partial charge is 0.267 e. The summed E-state index contributed by atoms with van der Waals surface area (Å²) < 4.78 is 32.1. The van der Waals surface area contributed by atoms with Crippen molar-refractivity contribution in [1.82, 2.24) is 0 Å². The first kappa shape index (κ1) is 15.6. The largest absolute Gasteiger partial charge is 0.465 e. The highest BCUT2D eigenvalue weighted by Crippen LogP contribution is 2.31. The summed E-state index contributed by atoms with van der Waals surface area (Å²) in [5.74, 6) is 0.710. The summed E-state index contributed by atoms with van der Waals surface area (Å²) in [6.45, 7) is 4.79. The summed E-state index contributed by atoms with van der Waals surface area (Å²) in [4.78, 5) is 0.0468. The molecule has 0 aliphatic heterocycles. The van der Waals surface area contributed by atoms with E-state index < -0.39 is 10.0 Å². The Morgan fingerprint density at radius 1 is 1.10 bits per heavy atom. The minimum atomic E-state index is -3.78. The molecule has 0 bridgehead atoms. The fourth-order valence-electron chi connectivity index (χ4n) is 2.26. The summed E-state index contributed by atoms with van der Waals surface area (Å²) in [5.41, 5.74) is 1.92. The summed E-state index contributed by atoms with van der Waals surface area (Å²) >= 11 is 0. The number of furan rings is 1. The van der Waals surface area contributed by atoms with Crippen molar-refractivity contribution < 1.29 is 17.9 Å². The maximum atomic E-state index is 12.8. The zero-order chi connectivity index (χ0) is 15.8. The van der Waals surface area contributed by atoms with Gasteiger partial charge in [-0.2, -0.15) is 0 Å². The molecule has 0 aliphatic rings. The van der Waals surface area contributed by atoms with Gasteiger partial charge in [0.25, 0.3) is 10.0 Å². The molecular weight excluding hydrogens is 290 g/mol. The highest BCUT2D eigenvalue weighted by Gasteiger charge is 2.30. The van der Waals surface area contributed by atoms with Gasteiger partial charge in [-0.15, -0.1) is 0 Å². The van der Waals surface area contributed by atoms with Crippen LogP contribution in [-0.4, -0.2) is 20.6 Å². The third-order valence-corrected chi connectivity index (χ3v) is 5.48. The van der Waals surface area contributed by atoms with Crippen LogP contribution in [0.5, 0.6) is 0 Å². The molecule has 0 saturated heterocycles. The number of sulfonamides is 1. The van der Waals surface area contributed by atoms with Gasteiger partial charge in [0, 0.05) is 12.6 Å². The molecule has 0 atom stereocenters. The predicted octanol–water partition coefficient (Wildman–Crippen LogP) is 2.52. The normalized spacial score (nSPS) is 11.7. The second-order valence-electron chi connectivity index (χ2n) is 4.99. The van der Waals surface area contributed by atoms with E-state index in [1.54, 1.807) is 26.0 Å². The monoisotopic (exact) mass is 309 g/mol. The fraction of sp³-hybridized carbons (Fsp3) is 0.333. The molecule has 0 spiro atoms. The van der Waals surface area contributed by atoms with E-state index in [4.69, 9.17) is 4.42 Å². The number of nitrogens with zero attached hydrogens (tertiary/aromatic N) is 1. The molecule has 5 nitrogen and oxygen atoms in total. The van der Waals surface area contributed by atoms with Crippen LogP contribution in [-0.2, 0) is 16.6 Å². The van der Waals surface area contributed by atoms with Gasteiger partial charge in [-0.05, 0) is 32.9 Å². The summed E-state index contributed by atoms with van der Waals surface area (Å²) in [5, 5.41) is 9.42. The number of benzene rings is 1. The van der Waals surface area contributed by atoms with Gasteiger partial charge in [0.2, 0.25) is 0 Å². The lowest BCUT2D eigenvalue weighted by Gasteiger charge is -2.20. The third-order valence-electron chi connectivity index (χ3n) is 3.50. The van der Waals surface area contributed by atoms with Crippen molar-refractivity contribution in [2.75, 3.05) is 11.4 Å². The second kappa shape index (κ2) is 5.54. The van der Waals surface area contributed by atoms with Gasteiger partial charge in [-0.1, -0.05) is 17.7 Å². The number of anilines is 1. The Bertz CT molecular complexity index is 745. The van der Waals surface area contributed by atoms with Gasteiger partial charge in [-0.3, -0.25) is 4.31 Å².